The first-order chi connectivity index (χ1) is 27.2. The van der Waals surface area contributed by atoms with Crippen molar-refractivity contribution in [2.75, 3.05) is 54.1 Å². The zero-order valence-corrected chi connectivity index (χ0v) is 45.2. The van der Waals surface area contributed by atoms with Crippen LogP contribution in [0, 0.1) is 0 Å². The van der Waals surface area contributed by atoms with Gasteiger partial charge in [0, 0.05) is 71.1 Å². The van der Waals surface area contributed by atoms with E-state index < -0.39 is 80.2 Å². The third kappa shape index (κ3) is 17.3. The predicted molar refractivity (Wildman–Crippen MR) is 216 cm³/mol. The van der Waals surface area contributed by atoms with Crippen LogP contribution in [0.3, 0.4) is 0 Å². The molecule has 326 valence electrons. The second-order valence-electron chi connectivity index (χ2n) is 15.1. The molecule has 0 aliphatic carbocycles. The summed E-state index contributed by atoms with van der Waals surface area (Å²) >= 11 is 0. The summed E-state index contributed by atoms with van der Waals surface area (Å²) in [5.41, 5.74) is 3.46. The van der Waals surface area contributed by atoms with E-state index in [-0.39, 0.29) is 120 Å². The Morgan fingerprint density at radius 1 is 0.758 bits per heavy atom. The van der Waals surface area contributed by atoms with Crippen LogP contribution in [0.2, 0.25) is 0 Å². The second kappa shape index (κ2) is 24.1. The molecule has 2 aliphatic heterocycles. The van der Waals surface area contributed by atoms with E-state index in [1.807, 2.05) is 55.4 Å². The molecular weight excluding hydrogens is 922 g/mol. The molecule has 1 N–H and O–H groups in total. The number of benzene rings is 2. The normalized spacial score (nSPS) is 16.5. The van der Waals surface area contributed by atoms with Crippen molar-refractivity contribution in [1.82, 2.24) is 5.32 Å². The first kappa shape index (κ1) is 59.0. The molecule has 18 nitrogen and oxygen atoms in total. The number of unbranched alkanes of at least 4 members (excludes halogenated alkanes) is 2. The van der Waals surface area contributed by atoms with E-state index in [9.17, 15) is 56.7 Å². The first-order valence-electron chi connectivity index (χ1n) is 18.5. The van der Waals surface area contributed by atoms with Crippen molar-refractivity contribution in [3.63, 3.8) is 0 Å². The largest absolute Gasteiger partial charge is 1.00 e. The third-order valence-electron chi connectivity index (χ3n) is 9.95. The molecule has 2 aliphatic rings. The van der Waals surface area contributed by atoms with Crippen LogP contribution in [0.4, 0.5) is 11.4 Å². The van der Waals surface area contributed by atoms with Crippen molar-refractivity contribution < 1.29 is 155 Å². The van der Waals surface area contributed by atoms with Gasteiger partial charge in [-0.2, -0.15) is 4.58 Å². The van der Waals surface area contributed by atoms with Crippen molar-refractivity contribution in [3.05, 3.63) is 77.0 Å². The smallest absolute Gasteiger partial charge is 0.748 e. The molecule has 2 heterocycles. The number of anilines is 1. The van der Waals surface area contributed by atoms with Crippen LogP contribution in [0.25, 0.3) is 0 Å². The van der Waals surface area contributed by atoms with E-state index in [4.69, 9.17) is 4.74 Å². The Hall–Kier alpha value is -1.03. The Morgan fingerprint density at radius 2 is 1.35 bits per heavy atom. The molecule has 2 aromatic carbocycles. The number of carbonyl (C=O) groups excluding carboxylic acids is 1. The number of rotatable bonds is 21. The Kier molecular flexibility index (Phi) is 23.0. The van der Waals surface area contributed by atoms with Crippen LogP contribution in [0.1, 0.15) is 74.9 Å². The van der Waals surface area contributed by atoms with Crippen LogP contribution in [-0.2, 0) is 51.3 Å². The summed E-state index contributed by atoms with van der Waals surface area (Å²) in [6.07, 6.45) is 7.60. The van der Waals surface area contributed by atoms with Gasteiger partial charge in [0.05, 0.1) is 63.9 Å². The number of hydrogen-bond acceptors (Lipinski definition) is 16. The molecule has 0 aromatic heterocycles. The fourth-order valence-corrected chi connectivity index (χ4v) is 8.86. The zero-order valence-electron chi connectivity index (χ0n) is 35.9. The monoisotopic (exact) mass is 968 g/mol. The van der Waals surface area contributed by atoms with Crippen LogP contribution in [-0.4, -0.2) is 124 Å². The number of allylic oxidation sites excluding steroid dienone is 4. The fourth-order valence-electron chi connectivity index (χ4n) is 7.06. The van der Waals surface area contributed by atoms with Crippen LogP contribution in [0.5, 0.6) is 5.75 Å². The van der Waals surface area contributed by atoms with E-state index in [1.165, 1.54) is 0 Å². The molecule has 2 aromatic rings. The van der Waals surface area contributed by atoms with Gasteiger partial charge in [-0.1, -0.05) is 19.9 Å². The minimum atomic E-state index is -4.54. The molecular formula is C37H47N4Na3O14S4. The quantitative estimate of drug-likeness (QED) is 0.0304. The molecule has 0 saturated carbocycles. The van der Waals surface area contributed by atoms with Gasteiger partial charge in [0.25, 0.3) is 5.91 Å². The predicted octanol–water partition coefficient (Wildman–Crippen LogP) is -6.81. The molecule has 25 heteroatoms. The van der Waals surface area contributed by atoms with E-state index >= 15 is 0 Å². The standard InChI is InChI=1S/C37H50N4O14S4.3Na/c1-36(2)29-24-27(35(42)39-17-23-59(52,53)54)12-14-31(29)40(18-5-7-20-56(43,44)45)33(36)10-9-11-34-37(3,4)30-25-28(55-26-38-16-22-58(49,50)51)13-15-32(30)41(34)19-6-8-21-57(46,47)48;;;/h9-15,24-26H,5-8,16-23H2,1-4H3,(H4-,39,42,43,44,45,46,47,48,49,50,51,52,53,54);;;/q;3*+1/p-3. The second-order valence-corrected chi connectivity index (χ2v) is 21.2. The molecule has 62 heavy (non-hydrogen) atoms. The Bertz CT molecular complexity index is 2510. The fraction of sp³-hybridized carbons (Fsp3) is 0.486. The van der Waals surface area contributed by atoms with Crippen molar-refractivity contribution in [2.24, 2.45) is 4.99 Å². The Balaban J connectivity index is 0.00000641. The Labute approximate surface area is 431 Å². The molecule has 1 amide bonds. The van der Waals surface area contributed by atoms with Gasteiger partial charge in [0.15, 0.2) is 12.1 Å². The molecule has 0 saturated heterocycles. The van der Waals surface area contributed by atoms with Gasteiger partial charge in [-0.05, 0) is 75.1 Å². The summed E-state index contributed by atoms with van der Waals surface area (Å²) in [4.78, 5) is 18.8. The number of amides is 1. The molecule has 0 spiro atoms. The maximum Gasteiger partial charge on any atom is 1.00 e. The maximum atomic E-state index is 13.0. The van der Waals surface area contributed by atoms with Crippen LogP contribution >= 0.6 is 0 Å². The van der Waals surface area contributed by atoms with Crippen molar-refractivity contribution in [2.45, 2.75) is 64.2 Å². The van der Waals surface area contributed by atoms with Crippen molar-refractivity contribution >= 4 is 69.9 Å². The average molecular weight is 969 g/mol. The molecule has 0 bridgehead atoms. The van der Waals surface area contributed by atoms with Crippen molar-refractivity contribution in [3.8, 4) is 5.75 Å². The minimum absolute atomic E-state index is 0. The number of aliphatic imine (C=N–C) groups is 1. The SMILES string of the molecule is CC1(C)C(C=C/C=C2/N(CCCCS(=O)(=O)[O-])c3ccc(C(=O)NCCS(=O)(=O)[O-])cc3C2(C)C)=[N+](CCCCS(=O)(=O)[O-])c2ccc(OC=NCCS(=O)(=O)[O-])cc21.[Na+].[Na+].[Na+]. The maximum absolute atomic E-state index is 13.0. The summed E-state index contributed by atoms with van der Waals surface area (Å²) < 4.78 is 141. The average Bonchev–Trinajstić information content (AvgIpc) is 3.44. The number of fused-ring (bicyclic) bond motifs is 2. The third-order valence-corrected chi connectivity index (χ3v) is 12.9. The van der Waals surface area contributed by atoms with Gasteiger partial charge in [-0.3, -0.25) is 9.79 Å². The molecule has 4 rings (SSSR count). The topological polar surface area (TPSA) is 286 Å². The van der Waals surface area contributed by atoms with Gasteiger partial charge >= 0.3 is 88.7 Å². The zero-order chi connectivity index (χ0) is 44.0. The summed E-state index contributed by atoms with van der Waals surface area (Å²) in [7, 11) is -17.8. The number of ether oxygens (including phenoxy) is 1. The number of nitrogens with one attached hydrogen (secondary N) is 1. The van der Waals surface area contributed by atoms with Gasteiger partial charge < -0.3 is 33.2 Å². The van der Waals surface area contributed by atoms with Gasteiger partial charge in [0.1, 0.15) is 12.3 Å². The summed E-state index contributed by atoms with van der Waals surface area (Å²) in [6.45, 7) is 7.84. The Morgan fingerprint density at radius 3 is 1.95 bits per heavy atom. The number of hydrogen-bond donors (Lipinski definition) is 1. The number of carbonyl (C=O) groups is 1. The van der Waals surface area contributed by atoms with E-state index in [1.54, 1.807) is 36.4 Å². The minimum Gasteiger partial charge on any atom is -0.748 e. The molecule has 0 unspecified atom stereocenters. The molecule has 0 fully saturated rings. The summed E-state index contributed by atoms with van der Waals surface area (Å²) in [5, 5.41) is 2.44. The van der Waals surface area contributed by atoms with E-state index in [0.717, 1.165) is 40.3 Å². The van der Waals surface area contributed by atoms with Crippen molar-refractivity contribution in [1.29, 1.82) is 0 Å². The molecule has 0 radical (unpaired) electrons. The summed E-state index contributed by atoms with van der Waals surface area (Å²) in [5.74, 6) is -2.72. The van der Waals surface area contributed by atoms with E-state index in [2.05, 4.69) is 10.3 Å². The van der Waals surface area contributed by atoms with Gasteiger partial charge in [-0.25, -0.2) is 33.7 Å². The van der Waals surface area contributed by atoms with E-state index in [0.29, 0.717) is 31.7 Å². The first-order valence-corrected chi connectivity index (χ1v) is 24.8. The van der Waals surface area contributed by atoms with Gasteiger partial charge in [-0.15, -0.1) is 0 Å². The summed E-state index contributed by atoms with van der Waals surface area (Å²) in [6, 6.07) is 10.2. The number of nitrogens with zero attached hydrogens (tertiary/aromatic N) is 3. The van der Waals surface area contributed by atoms with Crippen LogP contribution < -0.4 is 104 Å². The van der Waals surface area contributed by atoms with Crippen LogP contribution in [0.15, 0.2) is 65.3 Å². The van der Waals surface area contributed by atoms with Gasteiger partial charge in [0.2, 0.25) is 5.69 Å². The molecule has 0 atom stereocenters.